The Labute approximate surface area is 101 Å². The molecule has 7 heteroatoms. The number of nitriles is 1. The van der Waals surface area contributed by atoms with E-state index < -0.39 is 17.6 Å². The molecule has 0 fully saturated rings. The molecule has 0 bridgehead atoms. The Bertz CT molecular complexity index is 492. The predicted molar refractivity (Wildman–Crippen MR) is 56.7 cm³/mol. The van der Waals surface area contributed by atoms with Crippen LogP contribution in [0, 0.1) is 11.3 Å². The molecule has 1 rings (SSSR count). The third kappa shape index (κ3) is 3.46. The summed E-state index contributed by atoms with van der Waals surface area (Å²) in [6.45, 7) is -0.244. The van der Waals surface area contributed by atoms with Gasteiger partial charge in [-0.15, -0.1) is 0 Å². The second-order valence-corrected chi connectivity index (χ2v) is 3.35. The van der Waals surface area contributed by atoms with Gasteiger partial charge in [-0.1, -0.05) is 0 Å². The van der Waals surface area contributed by atoms with E-state index in [2.05, 4.69) is 10.1 Å². The van der Waals surface area contributed by atoms with E-state index in [1.807, 2.05) is 0 Å². The summed E-state index contributed by atoms with van der Waals surface area (Å²) < 4.78 is 41.8. The zero-order chi connectivity index (χ0) is 13.8. The number of alkyl halides is 3. The molecule has 0 aliphatic carbocycles. The molecule has 0 aromatic heterocycles. The van der Waals surface area contributed by atoms with Crippen molar-refractivity contribution in [1.29, 1.82) is 5.26 Å². The molecule has 0 radical (unpaired) electrons. The maximum Gasteiger partial charge on any atom is 0.416 e. The van der Waals surface area contributed by atoms with Crippen LogP contribution in [0.4, 0.5) is 18.9 Å². The first-order chi connectivity index (χ1) is 8.38. The summed E-state index contributed by atoms with van der Waals surface area (Å²) in [5.74, 6) is -0.547. The minimum absolute atomic E-state index is 0.0209. The summed E-state index contributed by atoms with van der Waals surface area (Å²) in [7, 11) is 1.30. The van der Waals surface area contributed by atoms with E-state index in [1.54, 1.807) is 6.07 Å². The number of carbonyl (C=O) groups is 1. The smallest absolute Gasteiger partial charge is 0.375 e. The number of hydrogen-bond acceptors (Lipinski definition) is 3. The molecule has 0 heterocycles. The maximum absolute atomic E-state index is 12.4. The van der Waals surface area contributed by atoms with Gasteiger partial charge >= 0.3 is 6.18 Å². The third-order valence-electron chi connectivity index (χ3n) is 2.02. The van der Waals surface area contributed by atoms with Crippen molar-refractivity contribution in [3.05, 3.63) is 29.3 Å². The van der Waals surface area contributed by atoms with E-state index in [9.17, 15) is 18.0 Å². The van der Waals surface area contributed by atoms with Gasteiger partial charge in [-0.25, -0.2) is 0 Å². The first-order valence-corrected chi connectivity index (χ1v) is 4.78. The molecule has 18 heavy (non-hydrogen) atoms. The summed E-state index contributed by atoms with van der Waals surface area (Å²) in [5, 5.41) is 11.0. The third-order valence-corrected chi connectivity index (χ3v) is 2.02. The van der Waals surface area contributed by atoms with Crippen molar-refractivity contribution < 1.29 is 22.7 Å². The van der Waals surface area contributed by atoms with E-state index in [-0.39, 0.29) is 17.9 Å². The van der Waals surface area contributed by atoms with E-state index in [0.717, 1.165) is 12.1 Å². The van der Waals surface area contributed by atoms with Crippen molar-refractivity contribution in [1.82, 2.24) is 0 Å². The molecule has 0 aliphatic heterocycles. The monoisotopic (exact) mass is 258 g/mol. The molecule has 4 nitrogen and oxygen atoms in total. The molecule has 1 N–H and O–H groups in total. The first-order valence-electron chi connectivity index (χ1n) is 4.78. The fraction of sp³-hybridized carbons (Fsp3) is 0.273. The van der Waals surface area contributed by atoms with Crippen molar-refractivity contribution in [2.24, 2.45) is 0 Å². The van der Waals surface area contributed by atoms with Gasteiger partial charge in [-0.2, -0.15) is 18.4 Å². The molecule has 1 aromatic rings. The lowest BCUT2D eigenvalue weighted by atomic mass is 10.1. The van der Waals surface area contributed by atoms with Crippen LogP contribution in [0.2, 0.25) is 0 Å². The fourth-order valence-corrected chi connectivity index (χ4v) is 1.24. The Hall–Kier alpha value is -2.07. The average molecular weight is 258 g/mol. The number of methoxy groups -OCH3 is 1. The number of anilines is 1. The van der Waals surface area contributed by atoms with Crippen molar-refractivity contribution in [2.45, 2.75) is 6.18 Å². The minimum Gasteiger partial charge on any atom is -0.375 e. The van der Waals surface area contributed by atoms with Crippen LogP contribution in [0.3, 0.4) is 0 Å². The molecule has 0 saturated heterocycles. The predicted octanol–water partition coefficient (Wildman–Crippen LogP) is 2.16. The van der Waals surface area contributed by atoms with E-state index in [1.165, 1.54) is 7.11 Å². The lowest BCUT2D eigenvalue weighted by Gasteiger charge is -2.10. The van der Waals surface area contributed by atoms with Crippen LogP contribution in [-0.2, 0) is 15.7 Å². The molecule has 0 saturated carbocycles. The van der Waals surface area contributed by atoms with E-state index in [4.69, 9.17) is 5.26 Å². The Kier molecular flexibility index (Phi) is 4.28. The summed E-state index contributed by atoms with van der Waals surface area (Å²) in [5.41, 5.74) is -1.18. The van der Waals surface area contributed by atoms with Crippen LogP contribution in [0.5, 0.6) is 0 Å². The van der Waals surface area contributed by atoms with Gasteiger partial charge in [-0.3, -0.25) is 4.79 Å². The molecular formula is C11H9F3N2O2. The number of hydrogen-bond donors (Lipinski definition) is 1. The number of carbonyl (C=O) groups excluding carboxylic acids is 1. The number of halogens is 3. The zero-order valence-electron chi connectivity index (χ0n) is 9.34. The second kappa shape index (κ2) is 5.51. The SMILES string of the molecule is COCC(=O)Nc1ccc(C(F)(F)F)cc1C#N. The minimum atomic E-state index is -4.53. The quantitative estimate of drug-likeness (QED) is 0.903. The van der Waals surface area contributed by atoms with Gasteiger partial charge in [0.2, 0.25) is 5.91 Å². The average Bonchev–Trinajstić information content (AvgIpc) is 2.28. The fourth-order valence-electron chi connectivity index (χ4n) is 1.24. The summed E-state index contributed by atoms with van der Waals surface area (Å²) in [6.07, 6.45) is -4.53. The van der Waals surface area contributed by atoms with E-state index >= 15 is 0 Å². The standard InChI is InChI=1S/C11H9F3N2O2/c1-18-6-10(17)16-9-3-2-8(11(12,13)14)4-7(9)5-15/h2-4H,6H2,1H3,(H,16,17). The van der Waals surface area contributed by atoms with Gasteiger partial charge in [0.25, 0.3) is 0 Å². The molecule has 96 valence electrons. The number of rotatable bonds is 3. The van der Waals surface area contributed by atoms with Crippen LogP contribution < -0.4 is 5.32 Å². The van der Waals surface area contributed by atoms with Crippen molar-refractivity contribution in [3.63, 3.8) is 0 Å². The Morgan fingerprint density at radius 1 is 1.50 bits per heavy atom. The van der Waals surface area contributed by atoms with Crippen LogP contribution >= 0.6 is 0 Å². The molecule has 0 unspecified atom stereocenters. The molecule has 0 atom stereocenters. The van der Waals surface area contributed by atoms with Crippen LogP contribution in [0.25, 0.3) is 0 Å². The highest BCUT2D eigenvalue weighted by molar-refractivity contribution is 5.93. The van der Waals surface area contributed by atoms with E-state index in [0.29, 0.717) is 6.07 Å². The Balaban J connectivity index is 3.02. The number of nitrogens with one attached hydrogen (secondary N) is 1. The van der Waals surface area contributed by atoms with Gasteiger partial charge in [0.1, 0.15) is 12.7 Å². The molecule has 0 aliphatic rings. The number of benzene rings is 1. The topological polar surface area (TPSA) is 62.1 Å². The highest BCUT2D eigenvalue weighted by Gasteiger charge is 2.31. The largest absolute Gasteiger partial charge is 0.416 e. The van der Waals surface area contributed by atoms with Crippen LogP contribution in [-0.4, -0.2) is 19.6 Å². The molecule has 0 spiro atoms. The maximum atomic E-state index is 12.4. The number of ether oxygens (including phenoxy) is 1. The molecule has 1 amide bonds. The summed E-state index contributed by atoms with van der Waals surface area (Å²) >= 11 is 0. The van der Waals surface area contributed by atoms with Crippen molar-refractivity contribution in [3.8, 4) is 6.07 Å². The van der Waals surface area contributed by atoms with Gasteiger partial charge in [0.05, 0.1) is 16.8 Å². The van der Waals surface area contributed by atoms with Gasteiger partial charge in [0, 0.05) is 7.11 Å². The van der Waals surface area contributed by atoms with Crippen molar-refractivity contribution in [2.75, 3.05) is 19.0 Å². The van der Waals surface area contributed by atoms with Gasteiger partial charge in [0.15, 0.2) is 0 Å². The highest BCUT2D eigenvalue weighted by atomic mass is 19.4. The Morgan fingerprint density at radius 3 is 2.67 bits per heavy atom. The van der Waals surface area contributed by atoms with Gasteiger partial charge in [-0.05, 0) is 18.2 Å². The van der Waals surface area contributed by atoms with Gasteiger partial charge < -0.3 is 10.1 Å². The normalized spacial score (nSPS) is 10.8. The molecular weight excluding hydrogens is 249 g/mol. The first kappa shape index (κ1) is 14.0. The summed E-state index contributed by atoms with van der Waals surface area (Å²) in [6, 6.07) is 4.11. The Morgan fingerprint density at radius 2 is 2.17 bits per heavy atom. The summed E-state index contributed by atoms with van der Waals surface area (Å²) in [4.78, 5) is 11.2. The second-order valence-electron chi connectivity index (χ2n) is 3.35. The zero-order valence-corrected chi connectivity index (χ0v) is 9.34. The number of amides is 1. The highest BCUT2D eigenvalue weighted by Crippen LogP contribution is 2.31. The van der Waals surface area contributed by atoms with Crippen LogP contribution in [0.15, 0.2) is 18.2 Å². The van der Waals surface area contributed by atoms with Crippen LogP contribution in [0.1, 0.15) is 11.1 Å². The van der Waals surface area contributed by atoms with Crippen molar-refractivity contribution >= 4 is 11.6 Å². The lowest BCUT2D eigenvalue weighted by Crippen LogP contribution is -2.18. The number of nitrogens with zero attached hydrogens (tertiary/aromatic N) is 1. The molecule has 1 aromatic carbocycles. The lowest BCUT2D eigenvalue weighted by molar-refractivity contribution is -0.137.